The minimum absolute atomic E-state index is 0.0918. The van der Waals surface area contributed by atoms with Gasteiger partial charge in [0.25, 0.3) is 11.8 Å². The molecule has 2 amide bonds. The maximum absolute atomic E-state index is 12.4. The van der Waals surface area contributed by atoms with Crippen LogP contribution in [-0.2, 0) is 4.79 Å². The van der Waals surface area contributed by atoms with Crippen LogP contribution in [0.2, 0.25) is 0 Å². The van der Waals surface area contributed by atoms with Gasteiger partial charge in [0.05, 0.1) is 13.7 Å². The van der Waals surface area contributed by atoms with Gasteiger partial charge in [0.2, 0.25) is 0 Å². The van der Waals surface area contributed by atoms with E-state index in [9.17, 15) is 9.59 Å². The second-order valence-corrected chi connectivity index (χ2v) is 5.63. The molecule has 26 heavy (non-hydrogen) atoms. The molecule has 3 N–H and O–H groups in total. The third-order valence-corrected chi connectivity index (χ3v) is 3.63. The molecule has 6 nitrogen and oxygen atoms in total. The Morgan fingerprint density at radius 1 is 1.08 bits per heavy atom. The van der Waals surface area contributed by atoms with Crippen LogP contribution in [0.15, 0.2) is 54.2 Å². The summed E-state index contributed by atoms with van der Waals surface area (Å²) in [6.45, 7) is 1.84. The van der Waals surface area contributed by atoms with Crippen molar-refractivity contribution in [1.29, 1.82) is 0 Å². The maximum Gasteiger partial charge on any atom is 0.267 e. The second-order valence-electron chi connectivity index (χ2n) is 5.63. The molecule has 2 rings (SSSR count). The SMILES string of the molecule is COc1ccc(/C=C(/NC(=O)c2ccc(C)cc2)C(=O)NCCO)cc1. The molecule has 0 aliphatic rings. The predicted octanol–water partition coefficient (Wildman–Crippen LogP) is 1.88. The zero-order valence-corrected chi connectivity index (χ0v) is 14.8. The van der Waals surface area contributed by atoms with Gasteiger partial charge in [-0.3, -0.25) is 9.59 Å². The number of rotatable bonds is 7. The summed E-state index contributed by atoms with van der Waals surface area (Å²) in [5.74, 6) is -0.170. The predicted molar refractivity (Wildman–Crippen MR) is 99.7 cm³/mol. The zero-order chi connectivity index (χ0) is 18.9. The number of ether oxygens (including phenoxy) is 1. The molecule has 0 heterocycles. The Labute approximate surface area is 152 Å². The first-order valence-corrected chi connectivity index (χ1v) is 8.16. The highest BCUT2D eigenvalue weighted by molar-refractivity contribution is 6.05. The molecule has 136 valence electrons. The van der Waals surface area contributed by atoms with Crippen LogP contribution in [0, 0.1) is 6.92 Å². The van der Waals surface area contributed by atoms with Crippen LogP contribution in [0.5, 0.6) is 5.75 Å². The molecule has 0 unspecified atom stereocenters. The first-order valence-electron chi connectivity index (χ1n) is 8.16. The van der Waals surface area contributed by atoms with E-state index >= 15 is 0 Å². The highest BCUT2D eigenvalue weighted by atomic mass is 16.5. The van der Waals surface area contributed by atoms with Crippen LogP contribution in [0.25, 0.3) is 6.08 Å². The lowest BCUT2D eigenvalue weighted by Gasteiger charge is -2.11. The molecule has 0 aliphatic heterocycles. The standard InChI is InChI=1S/C20H22N2O4/c1-14-3-7-16(8-4-14)19(24)22-18(20(25)21-11-12-23)13-15-5-9-17(26-2)10-6-15/h3-10,13,23H,11-12H2,1-2H3,(H,21,25)(H,22,24)/b18-13+. The van der Waals surface area contributed by atoms with E-state index in [4.69, 9.17) is 9.84 Å². The van der Waals surface area contributed by atoms with Gasteiger partial charge < -0.3 is 20.5 Å². The first kappa shape index (κ1) is 19.2. The Balaban J connectivity index is 2.24. The molecular formula is C20H22N2O4. The average molecular weight is 354 g/mol. The normalized spacial score (nSPS) is 11.0. The van der Waals surface area contributed by atoms with Crippen LogP contribution in [0.4, 0.5) is 0 Å². The van der Waals surface area contributed by atoms with Crippen molar-refractivity contribution in [1.82, 2.24) is 10.6 Å². The summed E-state index contributed by atoms with van der Waals surface area (Å²) in [5, 5.41) is 14.1. The topological polar surface area (TPSA) is 87.7 Å². The average Bonchev–Trinajstić information content (AvgIpc) is 2.66. The van der Waals surface area contributed by atoms with E-state index in [1.807, 2.05) is 19.1 Å². The lowest BCUT2D eigenvalue weighted by atomic mass is 10.1. The van der Waals surface area contributed by atoms with E-state index in [0.717, 1.165) is 11.1 Å². The van der Waals surface area contributed by atoms with Gasteiger partial charge in [0, 0.05) is 12.1 Å². The number of nitrogens with one attached hydrogen (secondary N) is 2. The Morgan fingerprint density at radius 3 is 2.31 bits per heavy atom. The fourth-order valence-corrected chi connectivity index (χ4v) is 2.19. The van der Waals surface area contributed by atoms with Crippen molar-refractivity contribution in [2.24, 2.45) is 0 Å². The fraction of sp³-hybridized carbons (Fsp3) is 0.200. The second kappa shape index (κ2) is 9.39. The third-order valence-electron chi connectivity index (χ3n) is 3.63. The third kappa shape index (κ3) is 5.46. The number of benzene rings is 2. The summed E-state index contributed by atoms with van der Waals surface area (Å²) in [5.41, 5.74) is 2.31. The fourth-order valence-electron chi connectivity index (χ4n) is 2.19. The Kier molecular flexibility index (Phi) is 6.93. The van der Waals surface area contributed by atoms with Gasteiger partial charge in [-0.15, -0.1) is 0 Å². The minimum atomic E-state index is -0.477. The van der Waals surface area contributed by atoms with E-state index in [1.165, 1.54) is 0 Å². The molecule has 0 fully saturated rings. The van der Waals surface area contributed by atoms with Gasteiger partial charge in [-0.25, -0.2) is 0 Å². The molecule has 2 aromatic carbocycles. The number of aryl methyl sites for hydroxylation is 1. The summed E-state index contributed by atoms with van der Waals surface area (Å²) in [6.07, 6.45) is 1.57. The number of hydrogen-bond acceptors (Lipinski definition) is 4. The maximum atomic E-state index is 12.4. The number of carbonyl (C=O) groups excluding carboxylic acids is 2. The van der Waals surface area contributed by atoms with Gasteiger partial charge in [0.1, 0.15) is 11.4 Å². The molecule has 0 bridgehead atoms. The van der Waals surface area contributed by atoms with Gasteiger partial charge >= 0.3 is 0 Å². The highest BCUT2D eigenvalue weighted by Gasteiger charge is 2.14. The molecular weight excluding hydrogens is 332 g/mol. The van der Waals surface area contributed by atoms with Crippen LogP contribution >= 0.6 is 0 Å². The number of aliphatic hydroxyl groups excluding tert-OH is 1. The van der Waals surface area contributed by atoms with Crippen LogP contribution in [0.3, 0.4) is 0 Å². The van der Waals surface area contributed by atoms with Gasteiger partial charge in [-0.1, -0.05) is 29.8 Å². The van der Waals surface area contributed by atoms with Crippen LogP contribution in [-0.4, -0.2) is 37.2 Å². The Hall–Kier alpha value is -3.12. The zero-order valence-electron chi connectivity index (χ0n) is 14.8. The van der Waals surface area contributed by atoms with Crippen molar-refractivity contribution >= 4 is 17.9 Å². The van der Waals surface area contributed by atoms with Crippen LogP contribution in [0.1, 0.15) is 21.5 Å². The van der Waals surface area contributed by atoms with Crippen molar-refractivity contribution in [2.45, 2.75) is 6.92 Å². The molecule has 0 atom stereocenters. The van der Waals surface area contributed by atoms with Crippen molar-refractivity contribution in [3.63, 3.8) is 0 Å². The van der Waals surface area contributed by atoms with Gasteiger partial charge in [-0.2, -0.15) is 0 Å². The van der Waals surface area contributed by atoms with Crippen molar-refractivity contribution < 1.29 is 19.4 Å². The number of hydrogen-bond donors (Lipinski definition) is 3. The van der Waals surface area contributed by atoms with Crippen molar-refractivity contribution in [3.8, 4) is 5.75 Å². The Bertz CT molecular complexity index is 780. The molecule has 0 aromatic heterocycles. The van der Waals surface area contributed by atoms with E-state index in [0.29, 0.717) is 11.3 Å². The lowest BCUT2D eigenvalue weighted by molar-refractivity contribution is -0.117. The molecule has 0 aliphatic carbocycles. The van der Waals surface area contributed by atoms with E-state index in [1.54, 1.807) is 49.6 Å². The quantitative estimate of drug-likeness (QED) is 0.663. The van der Waals surface area contributed by atoms with E-state index in [2.05, 4.69) is 10.6 Å². The monoisotopic (exact) mass is 354 g/mol. The molecule has 0 saturated carbocycles. The van der Waals surface area contributed by atoms with Crippen molar-refractivity contribution in [2.75, 3.05) is 20.3 Å². The smallest absolute Gasteiger partial charge is 0.267 e. The molecule has 0 saturated heterocycles. The number of amides is 2. The number of aliphatic hydroxyl groups is 1. The first-order chi connectivity index (χ1) is 12.5. The summed E-state index contributed by atoms with van der Waals surface area (Å²) in [4.78, 5) is 24.8. The molecule has 0 spiro atoms. The van der Waals surface area contributed by atoms with Gasteiger partial charge in [0.15, 0.2) is 0 Å². The summed E-state index contributed by atoms with van der Waals surface area (Å²) < 4.78 is 5.11. The number of carbonyl (C=O) groups is 2. The highest BCUT2D eigenvalue weighted by Crippen LogP contribution is 2.14. The molecule has 2 aromatic rings. The Morgan fingerprint density at radius 2 is 1.73 bits per heavy atom. The van der Waals surface area contributed by atoms with Crippen molar-refractivity contribution in [3.05, 3.63) is 70.9 Å². The van der Waals surface area contributed by atoms with E-state index in [-0.39, 0.29) is 24.8 Å². The summed E-state index contributed by atoms with van der Waals surface area (Å²) in [6, 6.07) is 14.1. The molecule has 0 radical (unpaired) electrons. The number of methoxy groups -OCH3 is 1. The molecule has 6 heteroatoms. The largest absolute Gasteiger partial charge is 0.497 e. The lowest BCUT2D eigenvalue weighted by Crippen LogP contribution is -2.36. The summed E-state index contributed by atoms with van der Waals surface area (Å²) >= 11 is 0. The van der Waals surface area contributed by atoms with Gasteiger partial charge in [-0.05, 0) is 42.8 Å². The van der Waals surface area contributed by atoms with E-state index < -0.39 is 5.91 Å². The summed E-state index contributed by atoms with van der Waals surface area (Å²) in [7, 11) is 1.57. The van der Waals surface area contributed by atoms with Crippen LogP contribution < -0.4 is 15.4 Å². The minimum Gasteiger partial charge on any atom is -0.497 e.